The van der Waals surface area contributed by atoms with Crippen molar-refractivity contribution < 1.29 is 0 Å². The Bertz CT molecular complexity index is 1990. The molecule has 0 unspecified atom stereocenters. The van der Waals surface area contributed by atoms with Gasteiger partial charge in [-0.1, -0.05) is 125 Å². The second-order valence-corrected chi connectivity index (χ2v) is 12.8. The van der Waals surface area contributed by atoms with Gasteiger partial charge in [-0.05, 0) is 53.1 Å². The smallest absolute Gasteiger partial charge is 0.145 e. The Labute approximate surface area is 259 Å². The number of aromatic nitrogens is 2. The highest BCUT2D eigenvalue weighted by molar-refractivity contribution is 5.88. The average Bonchev–Trinajstić information content (AvgIpc) is 3.06. The van der Waals surface area contributed by atoms with E-state index >= 15 is 0 Å². The lowest BCUT2D eigenvalue weighted by Crippen LogP contribution is -2.33. The molecule has 4 aromatic carbocycles. The first kappa shape index (κ1) is 26.4. The summed E-state index contributed by atoms with van der Waals surface area (Å²) >= 11 is 0. The van der Waals surface area contributed by atoms with Gasteiger partial charge in [0.15, 0.2) is 0 Å². The molecule has 6 aromatic rings. The molecule has 0 bridgehead atoms. The quantitative estimate of drug-likeness (QED) is 0.212. The van der Waals surface area contributed by atoms with Gasteiger partial charge in [0, 0.05) is 22.0 Å². The Morgan fingerprint density at radius 3 is 1.52 bits per heavy atom. The molecule has 214 valence electrons. The fourth-order valence-electron chi connectivity index (χ4n) is 7.14. The molecule has 0 atom stereocenters. The lowest BCUT2D eigenvalue weighted by molar-refractivity contribution is 0.625. The molecule has 0 saturated heterocycles. The summed E-state index contributed by atoms with van der Waals surface area (Å²) in [6, 6.07) is 47.2. The van der Waals surface area contributed by atoms with E-state index in [0.29, 0.717) is 0 Å². The summed E-state index contributed by atoms with van der Waals surface area (Å²) in [6.07, 6.45) is 0. The molecule has 0 radical (unpaired) electrons. The number of anilines is 6. The first-order chi connectivity index (χ1) is 21.4. The first-order valence-corrected chi connectivity index (χ1v) is 15.3. The summed E-state index contributed by atoms with van der Waals surface area (Å²) in [7, 11) is 0. The van der Waals surface area contributed by atoms with Gasteiger partial charge in [-0.25, -0.2) is 9.97 Å². The van der Waals surface area contributed by atoms with E-state index in [2.05, 4.69) is 165 Å². The van der Waals surface area contributed by atoms with Gasteiger partial charge in [0.25, 0.3) is 0 Å². The Balaban J connectivity index is 1.37. The van der Waals surface area contributed by atoms with Crippen molar-refractivity contribution in [2.24, 2.45) is 0 Å². The van der Waals surface area contributed by atoms with Crippen molar-refractivity contribution in [2.45, 2.75) is 38.5 Å². The van der Waals surface area contributed by atoms with Gasteiger partial charge in [-0.15, -0.1) is 0 Å². The number of hydrogen-bond donors (Lipinski definition) is 0. The number of rotatable bonds is 3. The van der Waals surface area contributed by atoms with Gasteiger partial charge < -0.3 is 0 Å². The number of nitrogens with zero attached hydrogens (tertiary/aromatic N) is 4. The maximum atomic E-state index is 5.55. The number of para-hydroxylation sites is 3. The third-order valence-corrected chi connectivity index (χ3v) is 9.46. The summed E-state index contributed by atoms with van der Waals surface area (Å²) < 4.78 is 0. The van der Waals surface area contributed by atoms with Crippen LogP contribution in [0.2, 0.25) is 0 Å². The van der Waals surface area contributed by atoms with E-state index < -0.39 is 0 Å². The topological polar surface area (TPSA) is 32.3 Å². The van der Waals surface area contributed by atoms with Crippen LogP contribution >= 0.6 is 0 Å². The second-order valence-electron chi connectivity index (χ2n) is 12.8. The third kappa shape index (κ3) is 3.84. The molecule has 2 aromatic heterocycles. The molecule has 0 aliphatic carbocycles. The summed E-state index contributed by atoms with van der Waals surface area (Å²) in [5.41, 5.74) is 10.1. The molecule has 0 fully saturated rings. The molecule has 0 N–H and O–H groups in total. The van der Waals surface area contributed by atoms with Crippen LogP contribution in [0.15, 0.2) is 133 Å². The summed E-state index contributed by atoms with van der Waals surface area (Å²) in [4.78, 5) is 15.3. The average molecular weight is 571 g/mol. The zero-order valence-electron chi connectivity index (χ0n) is 25.5. The number of hydrogen-bond acceptors (Lipinski definition) is 4. The molecule has 44 heavy (non-hydrogen) atoms. The molecule has 0 amide bonds. The molecule has 4 heterocycles. The van der Waals surface area contributed by atoms with Gasteiger partial charge in [0.1, 0.15) is 17.5 Å². The number of fused-ring (bicyclic) bond motifs is 4. The van der Waals surface area contributed by atoms with Crippen LogP contribution in [0.25, 0.3) is 11.3 Å². The Morgan fingerprint density at radius 1 is 0.409 bits per heavy atom. The number of pyridine rings is 2. The minimum Gasteiger partial charge on any atom is -0.294 e. The van der Waals surface area contributed by atoms with Gasteiger partial charge in [0.05, 0.1) is 22.8 Å². The summed E-state index contributed by atoms with van der Waals surface area (Å²) in [5.74, 6) is 2.64. The van der Waals surface area contributed by atoms with Crippen LogP contribution < -0.4 is 9.80 Å². The van der Waals surface area contributed by atoms with Crippen molar-refractivity contribution in [3.05, 3.63) is 156 Å². The van der Waals surface area contributed by atoms with E-state index in [1.807, 2.05) is 6.07 Å². The second kappa shape index (κ2) is 9.65. The summed E-state index contributed by atoms with van der Waals surface area (Å²) in [6.45, 7) is 9.22. The zero-order chi connectivity index (χ0) is 30.1. The molecule has 0 spiro atoms. The molecular weight excluding hydrogens is 536 g/mol. The Morgan fingerprint density at radius 2 is 0.909 bits per heavy atom. The van der Waals surface area contributed by atoms with E-state index in [1.165, 1.54) is 22.3 Å². The third-order valence-electron chi connectivity index (χ3n) is 9.46. The highest BCUT2D eigenvalue weighted by atomic mass is 15.3. The molecule has 8 rings (SSSR count). The van der Waals surface area contributed by atoms with Crippen LogP contribution in [-0.2, 0) is 10.8 Å². The predicted octanol–water partition coefficient (Wildman–Crippen LogP) is 10.4. The van der Waals surface area contributed by atoms with Crippen molar-refractivity contribution in [3.63, 3.8) is 0 Å². The first-order valence-electron chi connectivity index (χ1n) is 15.3. The highest BCUT2D eigenvalue weighted by Crippen LogP contribution is 2.54. The molecular formula is C40H34N4. The van der Waals surface area contributed by atoms with E-state index in [1.54, 1.807) is 0 Å². The standard InChI is InChI=1S/C40H34N4/c1-39(2)28-17-8-11-21-33(28)43(34-22-12-9-18-29(34)39)37-26-25-31-38(42-37)44(35-23-13-10-19-30(35)40(31,3)4)36-24-14-20-32(41-36)27-15-6-5-7-16-27/h5-26H,1-4H3. The molecule has 2 aliphatic heterocycles. The fraction of sp³-hybridized carbons (Fsp3) is 0.150. The monoisotopic (exact) mass is 570 g/mol. The van der Waals surface area contributed by atoms with Gasteiger partial charge in [-0.3, -0.25) is 9.80 Å². The van der Waals surface area contributed by atoms with E-state index in [9.17, 15) is 0 Å². The zero-order valence-corrected chi connectivity index (χ0v) is 25.5. The van der Waals surface area contributed by atoms with Crippen LogP contribution in [0.1, 0.15) is 49.9 Å². The Hall–Kier alpha value is -5.22. The SMILES string of the molecule is CC1(C)c2ccccc2N(c2ccc3c(n2)N(c2cccc(-c4ccccc4)n2)c2ccccc2C3(C)C)c2ccccc21. The van der Waals surface area contributed by atoms with Crippen molar-refractivity contribution >= 4 is 34.5 Å². The highest BCUT2D eigenvalue weighted by Gasteiger charge is 2.41. The van der Waals surface area contributed by atoms with Crippen LogP contribution in [0.3, 0.4) is 0 Å². The molecule has 4 heteroatoms. The van der Waals surface area contributed by atoms with Gasteiger partial charge in [0.2, 0.25) is 0 Å². The maximum absolute atomic E-state index is 5.55. The lowest BCUT2D eigenvalue weighted by Gasteiger charge is -2.43. The lowest BCUT2D eigenvalue weighted by atomic mass is 9.73. The van der Waals surface area contributed by atoms with Crippen LogP contribution in [-0.4, -0.2) is 9.97 Å². The van der Waals surface area contributed by atoms with Crippen molar-refractivity contribution in [3.8, 4) is 11.3 Å². The predicted molar refractivity (Wildman–Crippen MR) is 181 cm³/mol. The van der Waals surface area contributed by atoms with E-state index in [-0.39, 0.29) is 10.8 Å². The molecule has 2 aliphatic rings. The molecule has 4 nitrogen and oxygen atoms in total. The minimum atomic E-state index is -0.245. The van der Waals surface area contributed by atoms with Crippen LogP contribution in [0, 0.1) is 0 Å². The van der Waals surface area contributed by atoms with Gasteiger partial charge in [-0.2, -0.15) is 0 Å². The van der Waals surface area contributed by atoms with Crippen molar-refractivity contribution in [2.75, 3.05) is 9.80 Å². The maximum Gasteiger partial charge on any atom is 0.145 e. The molecule has 0 saturated carbocycles. The van der Waals surface area contributed by atoms with Gasteiger partial charge >= 0.3 is 0 Å². The van der Waals surface area contributed by atoms with Crippen molar-refractivity contribution in [1.29, 1.82) is 0 Å². The van der Waals surface area contributed by atoms with E-state index in [0.717, 1.165) is 45.8 Å². The van der Waals surface area contributed by atoms with E-state index in [4.69, 9.17) is 9.97 Å². The van der Waals surface area contributed by atoms with Crippen LogP contribution in [0.5, 0.6) is 0 Å². The fourth-order valence-corrected chi connectivity index (χ4v) is 7.14. The minimum absolute atomic E-state index is 0.132. The number of benzene rings is 4. The normalized spacial score (nSPS) is 15.5. The Kier molecular flexibility index (Phi) is 5.79. The largest absolute Gasteiger partial charge is 0.294 e. The van der Waals surface area contributed by atoms with Crippen molar-refractivity contribution in [1.82, 2.24) is 9.97 Å². The van der Waals surface area contributed by atoms with Crippen LogP contribution in [0.4, 0.5) is 34.5 Å². The summed E-state index contributed by atoms with van der Waals surface area (Å²) in [5, 5.41) is 0.